The van der Waals surface area contributed by atoms with Crippen molar-refractivity contribution in [2.75, 3.05) is 16.4 Å². The van der Waals surface area contributed by atoms with E-state index in [9.17, 15) is 13.2 Å². The smallest absolute Gasteiger partial charge is 0.250 e. The predicted octanol–water partition coefficient (Wildman–Crippen LogP) is 3.25. The minimum Gasteiger partial charge on any atom is -0.314 e. The fourth-order valence-corrected chi connectivity index (χ4v) is 7.05. The monoisotopic (exact) mass is 406 g/mol. The third kappa shape index (κ3) is 3.31. The van der Waals surface area contributed by atoms with Gasteiger partial charge < -0.3 is 4.90 Å². The maximum absolute atomic E-state index is 12.1. The third-order valence-electron chi connectivity index (χ3n) is 3.96. The van der Waals surface area contributed by atoms with E-state index < -0.39 is 9.84 Å². The molecule has 2 aliphatic rings. The molecule has 0 aliphatic carbocycles. The van der Waals surface area contributed by atoms with Gasteiger partial charge in [-0.15, -0.1) is 0 Å². The van der Waals surface area contributed by atoms with E-state index >= 15 is 0 Å². The lowest BCUT2D eigenvalue weighted by molar-refractivity contribution is -0.120. The van der Waals surface area contributed by atoms with Crippen molar-refractivity contribution in [2.45, 2.75) is 25.1 Å². The molecule has 24 heavy (non-hydrogen) atoms. The van der Waals surface area contributed by atoms with Crippen molar-refractivity contribution in [3.8, 4) is 0 Å². The average molecular weight is 407 g/mol. The minimum absolute atomic E-state index is 0.0163. The van der Waals surface area contributed by atoms with Gasteiger partial charge >= 0.3 is 0 Å². The van der Waals surface area contributed by atoms with Crippen molar-refractivity contribution in [3.63, 3.8) is 0 Å². The highest BCUT2D eigenvalue weighted by molar-refractivity contribution is 8.16. The number of amides is 1. The number of carbonyl (C=O) groups is 1. The number of anilines is 1. The van der Waals surface area contributed by atoms with Crippen LogP contribution in [0, 0.1) is 5.92 Å². The summed E-state index contributed by atoms with van der Waals surface area (Å²) in [6.07, 6.45) is 0. The highest BCUT2D eigenvalue weighted by Gasteiger charge is 2.49. The second-order valence-corrected chi connectivity index (χ2v) is 10.3. The van der Waals surface area contributed by atoms with Crippen molar-refractivity contribution in [1.29, 1.82) is 0 Å². The Kier molecular flexibility index (Phi) is 4.90. The SMILES string of the molecule is CC(C)C(=O)N=C1S[C@H]2CS(=O)(=O)C[C@@H]2N1c1cccc(Cl)c1Cl. The molecule has 1 aromatic rings. The van der Waals surface area contributed by atoms with Gasteiger partial charge in [0.25, 0.3) is 5.91 Å². The third-order valence-corrected chi connectivity index (χ3v) is 7.98. The number of rotatable bonds is 2. The fraction of sp³-hybridized carbons (Fsp3) is 0.467. The Morgan fingerprint density at radius 2 is 2.04 bits per heavy atom. The number of sulfone groups is 1. The molecular weight excluding hydrogens is 391 g/mol. The Morgan fingerprint density at radius 1 is 1.33 bits per heavy atom. The summed E-state index contributed by atoms with van der Waals surface area (Å²) in [5.41, 5.74) is 0.580. The lowest BCUT2D eigenvalue weighted by atomic mass is 10.2. The van der Waals surface area contributed by atoms with Crippen LogP contribution in [-0.4, -0.2) is 42.3 Å². The van der Waals surface area contributed by atoms with Crippen molar-refractivity contribution >= 4 is 61.6 Å². The molecule has 0 unspecified atom stereocenters. The Bertz CT molecular complexity index is 824. The molecule has 130 valence electrons. The molecule has 0 bridgehead atoms. The number of hydrogen-bond acceptors (Lipinski definition) is 4. The number of halogens is 2. The van der Waals surface area contributed by atoms with Crippen LogP contribution in [0.3, 0.4) is 0 Å². The van der Waals surface area contributed by atoms with Crippen molar-refractivity contribution in [1.82, 2.24) is 0 Å². The van der Waals surface area contributed by atoms with Crippen LogP contribution >= 0.6 is 35.0 Å². The molecule has 0 spiro atoms. The zero-order chi connectivity index (χ0) is 17.6. The van der Waals surface area contributed by atoms with Gasteiger partial charge in [0.1, 0.15) is 0 Å². The number of nitrogens with zero attached hydrogens (tertiary/aromatic N) is 2. The molecule has 9 heteroatoms. The number of amidine groups is 1. The van der Waals surface area contributed by atoms with E-state index in [1.54, 1.807) is 36.9 Å². The normalized spacial score (nSPS) is 27.0. The summed E-state index contributed by atoms with van der Waals surface area (Å²) in [7, 11) is -3.12. The van der Waals surface area contributed by atoms with Gasteiger partial charge in [0.05, 0.1) is 33.3 Å². The molecule has 1 amide bonds. The van der Waals surface area contributed by atoms with Crippen LogP contribution in [0.1, 0.15) is 13.8 Å². The highest BCUT2D eigenvalue weighted by atomic mass is 35.5. The van der Waals surface area contributed by atoms with Crippen LogP contribution < -0.4 is 4.90 Å². The molecule has 2 heterocycles. The average Bonchev–Trinajstić information content (AvgIpc) is 2.93. The molecule has 2 atom stereocenters. The predicted molar refractivity (Wildman–Crippen MR) is 100 cm³/mol. The summed E-state index contributed by atoms with van der Waals surface area (Å²) >= 11 is 13.8. The lowest BCUT2D eigenvalue weighted by Crippen LogP contribution is -2.38. The summed E-state index contributed by atoms with van der Waals surface area (Å²) in [4.78, 5) is 18.0. The molecule has 0 N–H and O–H groups in total. The summed E-state index contributed by atoms with van der Waals surface area (Å²) in [6.45, 7) is 3.54. The molecule has 3 rings (SSSR count). The Hall–Kier alpha value is -0.760. The van der Waals surface area contributed by atoms with Crippen LogP contribution in [0.5, 0.6) is 0 Å². The van der Waals surface area contributed by atoms with Crippen LogP contribution in [0.4, 0.5) is 5.69 Å². The number of aliphatic imine (C=N–C) groups is 1. The number of carbonyl (C=O) groups excluding carboxylic acids is 1. The second-order valence-electron chi connectivity index (χ2n) is 6.13. The van der Waals surface area contributed by atoms with Gasteiger partial charge in [-0.3, -0.25) is 4.79 Å². The van der Waals surface area contributed by atoms with E-state index in [1.165, 1.54) is 11.8 Å². The zero-order valence-electron chi connectivity index (χ0n) is 13.1. The summed E-state index contributed by atoms with van der Waals surface area (Å²) in [5, 5.41) is 1.03. The molecule has 2 saturated heterocycles. The van der Waals surface area contributed by atoms with E-state index in [0.717, 1.165) is 0 Å². The molecule has 1 aromatic carbocycles. The minimum atomic E-state index is -3.12. The first-order valence-corrected chi connectivity index (χ1v) is 10.9. The van der Waals surface area contributed by atoms with Gasteiger partial charge in [0.15, 0.2) is 15.0 Å². The lowest BCUT2D eigenvalue weighted by Gasteiger charge is -2.25. The number of hydrogen-bond donors (Lipinski definition) is 0. The number of fused-ring (bicyclic) bond motifs is 1. The first-order valence-electron chi connectivity index (χ1n) is 7.42. The highest BCUT2D eigenvalue weighted by Crippen LogP contribution is 2.44. The van der Waals surface area contributed by atoms with Gasteiger partial charge in [-0.25, -0.2) is 8.42 Å². The van der Waals surface area contributed by atoms with Gasteiger partial charge in [-0.1, -0.05) is 54.9 Å². The van der Waals surface area contributed by atoms with E-state index in [1.807, 2.05) is 0 Å². The van der Waals surface area contributed by atoms with E-state index in [2.05, 4.69) is 4.99 Å². The Balaban J connectivity index is 2.08. The van der Waals surface area contributed by atoms with Crippen molar-refractivity contribution in [2.24, 2.45) is 10.9 Å². The van der Waals surface area contributed by atoms with E-state index in [4.69, 9.17) is 23.2 Å². The first kappa shape index (κ1) is 18.0. The largest absolute Gasteiger partial charge is 0.314 e. The molecule has 2 fully saturated rings. The zero-order valence-corrected chi connectivity index (χ0v) is 16.2. The van der Waals surface area contributed by atoms with Crippen LogP contribution in [0.15, 0.2) is 23.2 Å². The Morgan fingerprint density at radius 3 is 2.71 bits per heavy atom. The fourth-order valence-electron chi connectivity index (χ4n) is 2.75. The van der Waals surface area contributed by atoms with Crippen LogP contribution in [-0.2, 0) is 14.6 Å². The van der Waals surface area contributed by atoms with Crippen LogP contribution in [0.2, 0.25) is 10.0 Å². The second kappa shape index (κ2) is 6.52. The van der Waals surface area contributed by atoms with Crippen molar-refractivity contribution in [3.05, 3.63) is 28.2 Å². The van der Waals surface area contributed by atoms with Crippen molar-refractivity contribution < 1.29 is 13.2 Å². The summed E-state index contributed by atoms with van der Waals surface area (Å²) < 4.78 is 24.0. The van der Waals surface area contributed by atoms with Gasteiger partial charge in [0, 0.05) is 11.2 Å². The van der Waals surface area contributed by atoms with E-state index in [-0.39, 0.29) is 34.6 Å². The van der Waals surface area contributed by atoms with E-state index in [0.29, 0.717) is 20.9 Å². The molecule has 0 aromatic heterocycles. The Labute approximate surface area is 155 Å². The molecule has 0 saturated carbocycles. The molecule has 0 radical (unpaired) electrons. The van der Waals surface area contributed by atoms with Crippen LogP contribution in [0.25, 0.3) is 0 Å². The van der Waals surface area contributed by atoms with Gasteiger partial charge in [-0.05, 0) is 12.1 Å². The maximum Gasteiger partial charge on any atom is 0.250 e. The summed E-state index contributed by atoms with van der Waals surface area (Å²) in [5.74, 6) is -0.392. The quantitative estimate of drug-likeness (QED) is 0.753. The number of thioether (sulfide) groups is 1. The first-order chi connectivity index (χ1) is 11.2. The molecule has 2 aliphatic heterocycles. The number of benzene rings is 1. The molecular formula is C15H16Cl2N2O3S2. The molecule has 5 nitrogen and oxygen atoms in total. The maximum atomic E-state index is 12.1. The van der Waals surface area contributed by atoms with Gasteiger partial charge in [-0.2, -0.15) is 4.99 Å². The summed E-state index contributed by atoms with van der Waals surface area (Å²) in [6, 6.07) is 4.87. The standard InChI is InChI=1S/C15H16Cl2N2O3S2/c1-8(2)14(20)18-15-19(10-5-3-4-9(16)13(10)17)11-6-24(21,22)7-12(11)23-15/h3-5,8,11-12H,6-7H2,1-2H3/t11-,12-/m0/s1. The van der Waals surface area contributed by atoms with Gasteiger partial charge in [0.2, 0.25) is 0 Å². The topological polar surface area (TPSA) is 66.8 Å².